The number of benzene rings is 1. The fraction of sp³-hybridized carbons (Fsp3) is 0. The molecule has 0 aliphatic heterocycles. The van der Waals surface area contributed by atoms with Gasteiger partial charge in [0.1, 0.15) is 0 Å². The zero-order valence-electron chi connectivity index (χ0n) is 9.81. The summed E-state index contributed by atoms with van der Waals surface area (Å²) < 4.78 is 28.9. The minimum absolute atomic E-state index is 0. The van der Waals surface area contributed by atoms with Crippen molar-refractivity contribution in [2.75, 3.05) is 0 Å². The molecular weight excluding hydrogens is 267 g/mol. The molecule has 0 saturated carbocycles. The second-order valence-corrected chi connectivity index (χ2v) is 4.05. The molecule has 0 spiro atoms. The predicted octanol–water partition coefficient (Wildman–Crippen LogP) is -2.53. The zero-order valence-corrected chi connectivity index (χ0v) is 12.6. The quantitative estimate of drug-likeness (QED) is 0.374. The molecular formula is C11H11NaO5S. The van der Waals surface area contributed by atoms with Crippen molar-refractivity contribution in [3.8, 4) is 0 Å². The standard InChI is InChI=1S/C8H8O3S.C3H4O2.Na/c9-12(10,11)7-6-8-4-2-1-3-5-8;1-2-3(4)5;/h1-7H,(H,9,10,11);2H,1H2,(H,4,5);/q;;+1/p-1. The normalized spacial score (nSPS) is 9.83. The Morgan fingerprint density at radius 2 is 1.72 bits per heavy atom. The van der Waals surface area contributed by atoms with E-state index in [2.05, 4.69) is 6.58 Å². The van der Waals surface area contributed by atoms with E-state index < -0.39 is 16.1 Å². The van der Waals surface area contributed by atoms with Crippen LogP contribution in [0.25, 0.3) is 6.08 Å². The van der Waals surface area contributed by atoms with Gasteiger partial charge < -0.3 is 9.90 Å². The summed E-state index contributed by atoms with van der Waals surface area (Å²) in [5.74, 6) is -1.23. The van der Waals surface area contributed by atoms with Crippen molar-refractivity contribution in [1.82, 2.24) is 0 Å². The molecule has 0 heterocycles. The van der Waals surface area contributed by atoms with Gasteiger partial charge in [0.15, 0.2) is 0 Å². The van der Waals surface area contributed by atoms with Crippen molar-refractivity contribution in [3.05, 3.63) is 54.0 Å². The molecule has 0 radical (unpaired) electrons. The molecule has 0 fully saturated rings. The van der Waals surface area contributed by atoms with E-state index in [1.165, 1.54) is 6.08 Å². The first-order valence-electron chi connectivity index (χ1n) is 4.39. The molecule has 0 bridgehead atoms. The van der Waals surface area contributed by atoms with Crippen molar-refractivity contribution in [2.24, 2.45) is 0 Å². The van der Waals surface area contributed by atoms with Crippen molar-refractivity contribution < 1.29 is 52.4 Å². The van der Waals surface area contributed by atoms with E-state index in [0.29, 0.717) is 0 Å². The minimum Gasteiger partial charge on any atom is -0.545 e. The van der Waals surface area contributed by atoms with Gasteiger partial charge in [0.05, 0.1) is 11.4 Å². The summed E-state index contributed by atoms with van der Waals surface area (Å²) in [5, 5.41) is 9.89. The molecule has 0 aliphatic carbocycles. The Kier molecular flexibility index (Phi) is 10.8. The molecule has 5 nitrogen and oxygen atoms in total. The van der Waals surface area contributed by atoms with Gasteiger partial charge in [0, 0.05) is 0 Å². The molecule has 92 valence electrons. The van der Waals surface area contributed by atoms with E-state index in [4.69, 9.17) is 14.5 Å². The fourth-order valence-electron chi connectivity index (χ4n) is 0.729. The van der Waals surface area contributed by atoms with E-state index in [9.17, 15) is 8.42 Å². The molecule has 1 aromatic rings. The van der Waals surface area contributed by atoms with Crippen LogP contribution in [-0.2, 0) is 14.9 Å². The largest absolute Gasteiger partial charge is 1.00 e. The maximum atomic E-state index is 10.3. The maximum absolute atomic E-state index is 10.3. The monoisotopic (exact) mass is 278 g/mol. The smallest absolute Gasteiger partial charge is 0.545 e. The van der Waals surface area contributed by atoms with Gasteiger partial charge in [-0.05, 0) is 17.7 Å². The molecule has 0 amide bonds. The van der Waals surface area contributed by atoms with E-state index >= 15 is 0 Å². The summed E-state index contributed by atoms with van der Waals surface area (Å²) in [6, 6.07) is 8.86. The van der Waals surface area contributed by atoms with E-state index in [1.54, 1.807) is 24.3 Å². The van der Waals surface area contributed by atoms with Gasteiger partial charge in [-0.3, -0.25) is 4.55 Å². The molecule has 0 aliphatic rings. The number of rotatable bonds is 3. The Labute approximate surface area is 128 Å². The second-order valence-electron chi connectivity index (χ2n) is 2.75. The Bertz CT molecular complexity index is 493. The summed E-state index contributed by atoms with van der Waals surface area (Å²) >= 11 is 0. The molecule has 0 aromatic heterocycles. The Hall–Kier alpha value is -0.920. The van der Waals surface area contributed by atoms with Crippen molar-refractivity contribution in [3.63, 3.8) is 0 Å². The predicted molar refractivity (Wildman–Crippen MR) is 62.2 cm³/mol. The van der Waals surface area contributed by atoms with E-state index in [0.717, 1.165) is 17.0 Å². The van der Waals surface area contributed by atoms with Crippen LogP contribution in [0.15, 0.2) is 48.4 Å². The third kappa shape index (κ3) is 13.1. The van der Waals surface area contributed by atoms with Crippen LogP contribution in [0.5, 0.6) is 0 Å². The summed E-state index contributed by atoms with van der Waals surface area (Å²) in [6.07, 6.45) is 2.05. The summed E-state index contributed by atoms with van der Waals surface area (Å²) in [7, 11) is -4.00. The summed E-state index contributed by atoms with van der Waals surface area (Å²) in [6.45, 7) is 2.90. The fourth-order valence-corrected chi connectivity index (χ4v) is 1.06. The zero-order chi connectivity index (χ0) is 13.3. The van der Waals surface area contributed by atoms with Crippen molar-refractivity contribution in [1.29, 1.82) is 0 Å². The van der Waals surface area contributed by atoms with Crippen LogP contribution in [0.3, 0.4) is 0 Å². The molecule has 18 heavy (non-hydrogen) atoms. The molecule has 0 saturated heterocycles. The van der Waals surface area contributed by atoms with Gasteiger partial charge in [-0.25, -0.2) is 0 Å². The number of hydrogen-bond donors (Lipinski definition) is 1. The van der Waals surface area contributed by atoms with E-state index in [1.807, 2.05) is 6.07 Å². The average molecular weight is 278 g/mol. The Balaban J connectivity index is 0. The van der Waals surface area contributed by atoms with Crippen LogP contribution < -0.4 is 34.7 Å². The second kappa shape index (κ2) is 10.0. The van der Waals surface area contributed by atoms with Gasteiger partial charge in [-0.15, -0.1) is 0 Å². The van der Waals surface area contributed by atoms with Gasteiger partial charge in [0.2, 0.25) is 0 Å². The van der Waals surface area contributed by atoms with Crippen LogP contribution in [0, 0.1) is 0 Å². The van der Waals surface area contributed by atoms with Crippen LogP contribution in [0.2, 0.25) is 0 Å². The minimum atomic E-state index is -4.00. The van der Waals surface area contributed by atoms with Gasteiger partial charge >= 0.3 is 29.6 Å². The third-order valence-corrected chi connectivity index (χ3v) is 1.88. The number of carbonyl (C=O) groups is 1. The van der Waals surface area contributed by atoms with Gasteiger partial charge in [0.25, 0.3) is 10.1 Å². The average Bonchev–Trinajstić information content (AvgIpc) is 2.28. The number of carboxylic acid groups (broad SMARTS) is 1. The maximum Gasteiger partial charge on any atom is 1.00 e. The van der Waals surface area contributed by atoms with Crippen molar-refractivity contribution in [2.45, 2.75) is 0 Å². The molecule has 1 N–H and O–H groups in total. The van der Waals surface area contributed by atoms with E-state index in [-0.39, 0.29) is 29.6 Å². The Morgan fingerprint density at radius 3 is 2.06 bits per heavy atom. The van der Waals surface area contributed by atoms with Gasteiger partial charge in [-0.2, -0.15) is 8.42 Å². The molecule has 0 unspecified atom stereocenters. The van der Waals surface area contributed by atoms with Gasteiger partial charge in [-0.1, -0.05) is 36.9 Å². The third-order valence-electron chi connectivity index (χ3n) is 1.40. The molecule has 1 rings (SSSR count). The summed E-state index contributed by atoms with van der Waals surface area (Å²) in [5.41, 5.74) is 0.732. The first-order chi connectivity index (χ1) is 7.85. The molecule has 0 atom stereocenters. The van der Waals surface area contributed by atoms with Crippen LogP contribution >= 0.6 is 0 Å². The Morgan fingerprint density at radius 1 is 1.28 bits per heavy atom. The topological polar surface area (TPSA) is 94.5 Å². The molecule has 1 aromatic carbocycles. The first kappa shape index (κ1) is 19.4. The number of carbonyl (C=O) groups excluding carboxylic acids is 1. The van der Waals surface area contributed by atoms with Crippen LogP contribution in [0.1, 0.15) is 5.56 Å². The number of aliphatic carboxylic acids is 1. The first-order valence-corrected chi connectivity index (χ1v) is 5.89. The number of carboxylic acids is 1. The van der Waals surface area contributed by atoms with Crippen LogP contribution in [-0.4, -0.2) is 18.9 Å². The SMILES string of the molecule is C=CC(=O)[O-].O=S(=O)(O)C=Cc1ccccc1.[Na+]. The van der Waals surface area contributed by atoms with Crippen LogP contribution in [0.4, 0.5) is 0 Å². The van der Waals surface area contributed by atoms with Crippen molar-refractivity contribution >= 4 is 22.2 Å². The summed E-state index contributed by atoms with van der Waals surface area (Å²) in [4.78, 5) is 9.14. The number of hydrogen-bond acceptors (Lipinski definition) is 4. The molecule has 7 heteroatoms.